The van der Waals surface area contributed by atoms with E-state index >= 15 is 0 Å². The van der Waals surface area contributed by atoms with E-state index in [0.29, 0.717) is 5.82 Å². The van der Waals surface area contributed by atoms with E-state index in [2.05, 4.69) is 21.0 Å². The van der Waals surface area contributed by atoms with Gasteiger partial charge in [0.25, 0.3) is 0 Å². The Balaban J connectivity index is 2.46. The second-order valence-corrected chi connectivity index (χ2v) is 2.25. The zero-order valence-electron chi connectivity index (χ0n) is 6.31. The molecule has 2 aromatic rings. The van der Waals surface area contributed by atoms with Crippen LogP contribution in [0.15, 0.2) is 36.9 Å². The zero-order valence-corrected chi connectivity index (χ0v) is 6.31. The van der Waals surface area contributed by atoms with Crippen molar-refractivity contribution >= 4 is 0 Å². The molecule has 0 N–H and O–H groups in total. The van der Waals surface area contributed by atoms with E-state index in [9.17, 15) is 0 Å². The zero-order chi connectivity index (χ0) is 8.23. The van der Waals surface area contributed by atoms with E-state index in [4.69, 9.17) is 0 Å². The molecule has 1 aromatic heterocycles. The highest BCUT2D eigenvalue weighted by Crippen LogP contribution is 2.10. The molecule has 0 atom stereocenters. The van der Waals surface area contributed by atoms with Crippen LogP contribution >= 0.6 is 0 Å². The minimum atomic E-state index is 0.694. The van der Waals surface area contributed by atoms with Crippen LogP contribution in [0, 0.1) is 6.07 Å². The molecule has 1 aromatic carbocycles. The smallest absolute Gasteiger partial charge is 0.162 e. The Kier molecular flexibility index (Phi) is 1.78. The van der Waals surface area contributed by atoms with Crippen LogP contribution in [0.3, 0.4) is 0 Å². The molecule has 12 heavy (non-hydrogen) atoms. The lowest BCUT2D eigenvalue weighted by Crippen LogP contribution is -1.87. The Bertz CT molecular complexity index is 307. The molecule has 0 amide bonds. The normalized spacial score (nSPS) is 9.67. The highest BCUT2D eigenvalue weighted by Gasteiger charge is 1.96. The van der Waals surface area contributed by atoms with Gasteiger partial charge in [-0.1, -0.05) is 24.3 Å². The Morgan fingerprint density at radius 1 is 1.00 bits per heavy atom. The molecule has 0 spiro atoms. The SMILES string of the molecule is [c]1ccc(-c2ncncn2)cc1. The summed E-state index contributed by atoms with van der Waals surface area (Å²) in [6.45, 7) is 0. The topological polar surface area (TPSA) is 38.7 Å². The summed E-state index contributed by atoms with van der Waals surface area (Å²) in [5.74, 6) is 0.694. The number of benzene rings is 1. The molecule has 2 rings (SSSR count). The molecule has 0 unspecified atom stereocenters. The van der Waals surface area contributed by atoms with Gasteiger partial charge >= 0.3 is 0 Å². The number of nitrogens with zero attached hydrogens (tertiary/aromatic N) is 3. The van der Waals surface area contributed by atoms with Crippen LogP contribution in [0.5, 0.6) is 0 Å². The van der Waals surface area contributed by atoms with Crippen LogP contribution in [0.1, 0.15) is 0 Å². The van der Waals surface area contributed by atoms with Crippen LogP contribution in [0.2, 0.25) is 0 Å². The summed E-state index contributed by atoms with van der Waals surface area (Å²) in [5.41, 5.74) is 0.983. The molecule has 1 radical (unpaired) electrons. The van der Waals surface area contributed by atoms with Crippen LogP contribution in [0.4, 0.5) is 0 Å². The first kappa shape index (κ1) is 6.91. The number of hydrogen-bond acceptors (Lipinski definition) is 3. The van der Waals surface area contributed by atoms with Gasteiger partial charge in [0.1, 0.15) is 12.7 Å². The van der Waals surface area contributed by atoms with Crippen LogP contribution in [0.25, 0.3) is 11.4 Å². The summed E-state index contributed by atoms with van der Waals surface area (Å²) in [7, 11) is 0. The number of aromatic nitrogens is 3. The van der Waals surface area contributed by atoms with E-state index < -0.39 is 0 Å². The van der Waals surface area contributed by atoms with Crippen molar-refractivity contribution in [1.29, 1.82) is 0 Å². The van der Waals surface area contributed by atoms with Crippen LogP contribution in [-0.2, 0) is 0 Å². The predicted molar refractivity (Wildman–Crippen MR) is 44.1 cm³/mol. The standard InChI is InChI=1S/C9H6N3/c1-2-4-8(5-3-1)9-11-6-10-7-12-9/h2-7H. The lowest BCUT2D eigenvalue weighted by molar-refractivity contribution is 1.06. The molecule has 0 aliphatic carbocycles. The lowest BCUT2D eigenvalue weighted by Gasteiger charge is -1.95. The molecule has 57 valence electrons. The highest BCUT2D eigenvalue weighted by atomic mass is 15.0. The fourth-order valence-electron chi connectivity index (χ4n) is 0.924. The van der Waals surface area contributed by atoms with E-state index in [1.165, 1.54) is 12.7 Å². The highest BCUT2D eigenvalue weighted by molar-refractivity contribution is 5.53. The van der Waals surface area contributed by atoms with Crippen molar-refractivity contribution in [2.24, 2.45) is 0 Å². The third kappa shape index (κ3) is 1.29. The molecule has 0 fully saturated rings. The van der Waals surface area contributed by atoms with Crippen molar-refractivity contribution < 1.29 is 0 Å². The van der Waals surface area contributed by atoms with Gasteiger partial charge in [0.05, 0.1) is 0 Å². The van der Waals surface area contributed by atoms with E-state index in [0.717, 1.165) is 5.56 Å². The first-order valence-corrected chi connectivity index (χ1v) is 3.55. The van der Waals surface area contributed by atoms with Gasteiger partial charge in [-0.05, 0) is 6.07 Å². The fraction of sp³-hybridized carbons (Fsp3) is 0. The molecule has 3 nitrogen and oxygen atoms in total. The van der Waals surface area contributed by atoms with Gasteiger partial charge < -0.3 is 0 Å². The Morgan fingerprint density at radius 3 is 2.33 bits per heavy atom. The van der Waals surface area contributed by atoms with Gasteiger partial charge in [-0.25, -0.2) is 15.0 Å². The summed E-state index contributed by atoms with van der Waals surface area (Å²) in [6, 6.07) is 10.4. The third-order valence-electron chi connectivity index (χ3n) is 1.47. The van der Waals surface area contributed by atoms with Gasteiger partial charge in [-0.3, -0.25) is 0 Å². The third-order valence-corrected chi connectivity index (χ3v) is 1.47. The minimum Gasteiger partial charge on any atom is -0.225 e. The molecule has 0 aliphatic heterocycles. The molecule has 0 bridgehead atoms. The number of hydrogen-bond donors (Lipinski definition) is 0. The van der Waals surface area contributed by atoms with E-state index in [-0.39, 0.29) is 0 Å². The molecule has 0 saturated heterocycles. The maximum Gasteiger partial charge on any atom is 0.162 e. The second kappa shape index (κ2) is 3.09. The first-order valence-electron chi connectivity index (χ1n) is 3.55. The molecular formula is C9H6N3. The lowest BCUT2D eigenvalue weighted by atomic mass is 10.2. The average Bonchev–Trinajstić information content (AvgIpc) is 2.21. The second-order valence-electron chi connectivity index (χ2n) is 2.25. The van der Waals surface area contributed by atoms with Gasteiger partial charge in [0.15, 0.2) is 5.82 Å². The van der Waals surface area contributed by atoms with Crippen molar-refractivity contribution in [1.82, 2.24) is 15.0 Å². The fourth-order valence-corrected chi connectivity index (χ4v) is 0.924. The van der Waals surface area contributed by atoms with E-state index in [1.54, 1.807) is 0 Å². The first-order chi connectivity index (χ1) is 5.97. The van der Waals surface area contributed by atoms with E-state index in [1.807, 2.05) is 24.3 Å². The molecule has 0 aliphatic rings. The summed E-state index contributed by atoms with van der Waals surface area (Å²) in [6.07, 6.45) is 2.97. The summed E-state index contributed by atoms with van der Waals surface area (Å²) >= 11 is 0. The molecular weight excluding hydrogens is 150 g/mol. The summed E-state index contributed by atoms with van der Waals surface area (Å²) < 4.78 is 0. The van der Waals surface area contributed by atoms with Crippen molar-refractivity contribution in [2.45, 2.75) is 0 Å². The number of rotatable bonds is 1. The van der Waals surface area contributed by atoms with Crippen LogP contribution in [-0.4, -0.2) is 15.0 Å². The van der Waals surface area contributed by atoms with Gasteiger partial charge in [0.2, 0.25) is 0 Å². The summed E-state index contributed by atoms with van der Waals surface area (Å²) in [4.78, 5) is 11.8. The van der Waals surface area contributed by atoms with Crippen molar-refractivity contribution in [2.75, 3.05) is 0 Å². The minimum absolute atomic E-state index is 0.694. The van der Waals surface area contributed by atoms with Crippen molar-refractivity contribution in [3.63, 3.8) is 0 Å². The Morgan fingerprint density at radius 2 is 1.67 bits per heavy atom. The maximum absolute atomic E-state index is 4.01. The Labute approximate surface area is 70.1 Å². The van der Waals surface area contributed by atoms with Gasteiger partial charge in [0, 0.05) is 5.56 Å². The molecule has 0 saturated carbocycles. The Hall–Kier alpha value is -1.77. The van der Waals surface area contributed by atoms with Gasteiger partial charge in [-0.2, -0.15) is 0 Å². The van der Waals surface area contributed by atoms with Crippen molar-refractivity contribution in [3.05, 3.63) is 43.0 Å². The largest absolute Gasteiger partial charge is 0.225 e. The monoisotopic (exact) mass is 156 g/mol. The quantitative estimate of drug-likeness (QED) is 0.625. The van der Waals surface area contributed by atoms with Crippen LogP contribution < -0.4 is 0 Å². The van der Waals surface area contributed by atoms with Crippen molar-refractivity contribution in [3.8, 4) is 11.4 Å². The summed E-state index contributed by atoms with van der Waals surface area (Å²) in [5, 5.41) is 0. The predicted octanol–water partition coefficient (Wildman–Crippen LogP) is 1.34. The molecule has 3 heteroatoms. The van der Waals surface area contributed by atoms with Gasteiger partial charge in [-0.15, -0.1) is 0 Å². The average molecular weight is 156 g/mol. The molecule has 1 heterocycles. The maximum atomic E-state index is 4.01.